The van der Waals surface area contributed by atoms with E-state index in [4.69, 9.17) is 0 Å². The standard InChI is InChI=1S/C26H28N4S/c1-18-8-13-23(19(2)15-18)30-24(21-7-6-14-27-16-21)28-29-25(30)31-17-20-9-11-22(12-10-20)26(3,4)5/h6-16H,17H2,1-5H3. The first-order valence-electron chi connectivity index (χ1n) is 10.5. The molecule has 0 spiro atoms. The van der Waals surface area contributed by atoms with Gasteiger partial charge in [0.15, 0.2) is 11.0 Å². The van der Waals surface area contributed by atoms with Crippen LogP contribution in [0.4, 0.5) is 0 Å². The number of rotatable bonds is 5. The predicted octanol–water partition coefficient (Wildman–Crippen LogP) is 6.54. The topological polar surface area (TPSA) is 43.6 Å². The molecule has 158 valence electrons. The summed E-state index contributed by atoms with van der Waals surface area (Å²) in [5.41, 5.74) is 7.27. The van der Waals surface area contributed by atoms with Gasteiger partial charge in [-0.1, -0.05) is 74.5 Å². The Kier molecular flexibility index (Phi) is 5.96. The van der Waals surface area contributed by atoms with Crippen LogP contribution >= 0.6 is 11.8 Å². The molecule has 0 unspecified atom stereocenters. The molecule has 4 nitrogen and oxygen atoms in total. The molecule has 2 aromatic heterocycles. The molecule has 0 saturated heterocycles. The minimum atomic E-state index is 0.160. The maximum atomic E-state index is 4.55. The Labute approximate surface area is 188 Å². The van der Waals surface area contributed by atoms with Gasteiger partial charge in [0.1, 0.15) is 0 Å². The van der Waals surface area contributed by atoms with Crippen molar-refractivity contribution in [3.63, 3.8) is 0 Å². The molecule has 5 heteroatoms. The first kappa shape index (κ1) is 21.3. The average Bonchev–Trinajstić information content (AvgIpc) is 3.16. The number of nitrogens with zero attached hydrogens (tertiary/aromatic N) is 4. The first-order chi connectivity index (χ1) is 14.8. The fourth-order valence-electron chi connectivity index (χ4n) is 3.57. The second-order valence-electron chi connectivity index (χ2n) is 8.91. The quantitative estimate of drug-likeness (QED) is 0.339. The minimum Gasteiger partial charge on any atom is -0.270 e. The summed E-state index contributed by atoms with van der Waals surface area (Å²) in [7, 11) is 0. The second kappa shape index (κ2) is 8.67. The van der Waals surface area contributed by atoms with E-state index < -0.39 is 0 Å². The number of thioether (sulfide) groups is 1. The summed E-state index contributed by atoms with van der Waals surface area (Å²) >= 11 is 1.71. The second-order valence-corrected chi connectivity index (χ2v) is 9.85. The van der Waals surface area contributed by atoms with Crippen LogP contribution in [0, 0.1) is 13.8 Å². The summed E-state index contributed by atoms with van der Waals surface area (Å²) in [5, 5.41) is 9.97. The van der Waals surface area contributed by atoms with Crippen LogP contribution in [-0.2, 0) is 11.2 Å². The van der Waals surface area contributed by atoms with Gasteiger partial charge in [-0.3, -0.25) is 9.55 Å². The molecule has 0 amide bonds. The van der Waals surface area contributed by atoms with Crippen molar-refractivity contribution in [2.45, 2.75) is 50.9 Å². The fourth-order valence-corrected chi connectivity index (χ4v) is 4.47. The highest BCUT2D eigenvalue weighted by atomic mass is 32.2. The van der Waals surface area contributed by atoms with Crippen molar-refractivity contribution in [2.75, 3.05) is 0 Å². The Morgan fingerprint density at radius 3 is 2.35 bits per heavy atom. The summed E-state index contributed by atoms with van der Waals surface area (Å²) < 4.78 is 2.15. The highest BCUT2D eigenvalue weighted by Gasteiger charge is 2.18. The molecule has 0 N–H and O–H groups in total. The molecule has 31 heavy (non-hydrogen) atoms. The van der Waals surface area contributed by atoms with Gasteiger partial charge in [-0.05, 0) is 54.2 Å². The Hall–Kier alpha value is -2.92. The van der Waals surface area contributed by atoms with E-state index in [1.807, 2.05) is 18.3 Å². The van der Waals surface area contributed by atoms with Crippen LogP contribution < -0.4 is 0 Å². The molecular weight excluding hydrogens is 400 g/mol. The Morgan fingerprint density at radius 2 is 1.71 bits per heavy atom. The highest BCUT2D eigenvalue weighted by Crippen LogP contribution is 2.31. The number of benzene rings is 2. The molecule has 0 saturated carbocycles. The normalized spacial score (nSPS) is 11.6. The molecule has 2 heterocycles. The third-order valence-electron chi connectivity index (χ3n) is 5.33. The van der Waals surface area contributed by atoms with Crippen LogP contribution in [0.2, 0.25) is 0 Å². The van der Waals surface area contributed by atoms with Crippen LogP contribution in [0.5, 0.6) is 0 Å². The van der Waals surface area contributed by atoms with Crippen LogP contribution in [0.3, 0.4) is 0 Å². The summed E-state index contributed by atoms with van der Waals surface area (Å²) in [6.45, 7) is 11.0. The number of aromatic nitrogens is 4. The van der Waals surface area contributed by atoms with Gasteiger partial charge < -0.3 is 0 Å². The maximum absolute atomic E-state index is 4.55. The molecule has 0 atom stereocenters. The lowest BCUT2D eigenvalue weighted by atomic mass is 9.87. The van der Waals surface area contributed by atoms with Crippen molar-refractivity contribution in [3.05, 3.63) is 89.2 Å². The van der Waals surface area contributed by atoms with Gasteiger partial charge in [0.2, 0.25) is 0 Å². The van der Waals surface area contributed by atoms with Gasteiger partial charge in [0.05, 0.1) is 5.69 Å². The third kappa shape index (κ3) is 4.72. The van der Waals surface area contributed by atoms with E-state index in [0.29, 0.717) is 0 Å². The van der Waals surface area contributed by atoms with Crippen LogP contribution in [-0.4, -0.2) is 19.7 Å². The minimum absolute atomic E-state index is 0.160. The van der Waals surface area contributed by atoms with Crippen LogP contribution in [0.1, 0.15) is 43.0 Å². The molecule has 0 aliphatic carbocycles. The number of pyridine rings is 1. The molecular formula is C26H28N4S. The van der Waals surface area contributed by atoms with Crippen molar-refractivity contribution in [1.29, 1.82) is 0 Å². The SMILES string of the molecule is Cc1ccc(-n2c(SCc3ccc(C(C)(C)C)cc3)nnc2-c2cccnc2)c(C)c1. The zero-order valence-electron chi connectivity index (χ0n) is 18.8. The van der Waals surface area contributed by atoms with Gasteiger partial charge in [0, 0.05) is 23.7 Å². The van der Waals surface area contributed by atoms with Gasteiger partial charge in [0.25, 0.3) is 0 Å². The van der Waals surface area contributed by atoms with Crippen LogP contribution in [0.25, 0.3) is 17.1 Å². The van der Waals surface area contributed by atoms with E-state index in [-0.39, 0.29) is 5.41 Å². The van der Waals surface area contributed by atoms with Crippen molar-refractivity contribution < 1.29 is 0 Å². The lowest BCUT2D eigenvalue weighted by Crippen LogP contribution is -2.10. The molecule has 4 rings (SSSR count). The third-order valence-corrected chi connectivity index (χ3v) is 6.33. The highest BCUT2D eigenvalue weighted by molar-refractivity contribution is 7.98. The van der Waals surface area contributed by atoms with E-state index in [9.17, 15) is 0 Å². The molecule has 0 aliphatic rings. The van der Waals surface area contributed by atoms with Crippen LogP contribution in [0.15, 0.2) is 72.1 Å². The molecule has 0 radical (unpaired) electrons. The van der Waals surface area contributed by atoms with Gasteiger partial charge in [-0.25, -0.2) is 0 Å². The number of hydrogen-bond acceptors (Lipinski definition) is 4. The van der Waals surface area contributed by atoms with Gasteiger partial charge in [-0.15, -0.1) is 10.2 Å². The average molecular weight is 429 g/mol. The zero-order valence-corrected chi connectivity index (χ0v) is 19.6. The molecule has 4 aromatic rings. The summed E-state index contributed by atoms with van der Waals surface area (Å²) in [5.74, 6) is 1.64. The van der Waals surface area contributed by atoms with E-state index in [1.165, 1.54) is 22.3 Å². The predicted molar refractivity (Wildman–Crippen MR) is 129 cm³/mol. The van der Waals surface area contributed by atoms with E-state index in [2.05, 4.69) is 96.8 Å². The van der Waals surface area contributed by atoms with E-state index in [0.717, 1.165) is 28.0 Å². The van der Waals surface area contributed by atoms with Crippen molar-refractivity contribution in [3.8, 4) is 17.1 Å². The van der Waals surface area contributed by atoms with Crippen molar-refractivity contribution in [2.24, 2.45) is 0 Å². The Morgan fingerprint density at radius 1 is 0.935 bits per heavy atom. The summed E-state index contributed by atoms with van der Waals surface area (Å²) in [6.07, 6.45) is 3.61. The van der Waals surface area contributed by atoms with Crippen molar-refractivity contribution in [1.82, 2.24) is 19.7 Å². The summed E-state index contributed by atoms with van der Waals surface area (Å²) in [6, 6.07) is 19.3. The Bertz CT molecular complexity index is 1170. The zero-order chi connectivity index (χ0) is 22.0. The van der Waals surface area contributed by atoms with Gasteiger partial charge >= 0.3 is 0 Å². The smallest absolute Gasteiger partial charge is 0.196 e. The largest absolute Gasteiger partial charge is 0.270 e. The summed E-state index contributed by atoms with van der Waals surface area (Å²) in [4.78, 5) is 4.28. The fraction of sp³-hybridized carbons (Fsp3) is 0.269. The van der Waals surface area contributed by atoms with E-state index in [1.54, 1.807) is 18.0 Å². The lowest BCUT2D eigenvalue weighted by Gasteiger charge is -2.19. The first-order valence-corrected chi connectivity index (χ1v) is 11.5. The molecule has 0 fully saturated rings. The van der Waals surface area contributed by atoms with Crippen molar-refractivity contribution >= 4 is 11.8 Å². The van der Waals surface area contributed by atoms with Gasteiger partial charge in [-0.2, -0.15) is 0 Å². The number of aryl methyl sites for hydroxylation is 2. The Balaban J connectivity index is 1.69. The molecule has 0 aliphatic heterocycles. The molecule has 0 bridgehead atoms. The van der Waals surface area contributed by atoms with E-state index >= 15 is 0 Å². The number of hydrogen-bond donors (Lipinski definition) is 0. The lowest BCUT2D eigenvalue weighted by molar-refractivity contribution is 0.590. The maximum Gasteiger partial charge on any atom is 0.196 e. The monoisotopic (exact) mass is 428 g/mol. The molecule has 2 aromatic carbocycles.